The normalized spacial score (nSPS) is 11.0. The highest BCUT2D eigenvalue weighted by Crippen LogP contribution is 2.17. The first-order valence-corrected chi connectivity index (χ1v) is 5.94. The van der Waals surface area contributed by atoms with Gasteiger partial charge in [-0.25, -0.2) is 4.68 Å². The summed E-state index contributed by atoms with van der Waals surface area (Å²) in [5.74, 6) is 0.440. The topological polar surface area (TPSA) is 20.7 Å². The van der Waals surface area contributed by atoms with E-state index in [1.54, 1.807) is 0 Å². The SMILES string of the molecule is CC(C)c1cc(=S)n(-c2ccc(Cl)cc2)[nH]1. The smallest absolute Gasteiger partial charge is 0.127 e. The molecular weight excluding hydrogens is 240 g/mol. The van der Waals surface area contributed by atoms with E-state index < -0.39 is 0 Å². The van der Waals surface area contributed by atoms with E-state index in [1.165, 1.54) is 0 Å². The van der Waals surface area contributed by atoms with Crippen LogP contribution in [0.4, 0.5) is 0 Å². The first-order valence-electron chi connectivity index (χ1n) is 5.16. The van der Waals surface area contributed by atoms with Crippen molar-refractivity contribution in [1.29, 1.82) is 0 Å². The van der Waals surface area contributed by atoms with E-state index >= 15 is 0 Å². The maximum absolute atomic E-state index is 5.85. The Morgan fingerprint density at radius 3 is 2.38 bits per heavy atom. The van der Waals surface area contributed by atoms with Gasteiger partial charge in [-0.3, -0.25) is 5.10 Å². The number of H-pyrrole nitrogens is 1. The van der Waals surface area contributed by atoms with Crippen molar-refractivity contribution < 1.29 is 0 Å². The number of rotatable bonds is 2. The van der Waals surface area contributed by atoms with Crippen LogP contribution in [0.3, 0.4) is 0 Å². The molecule has 0 atom stereocenters. The van der Waals surface area contributed by atoms with E-state index in [-0.39, 0.29) is 0 Å². The Balaban J connectivity index is 2.48. The molecule has 0 radical (unpaired) electrons. The molecule has 84 valence electrons. The van der Waals surface area contributed by atoms with Gasteiger partial charge in [0.2, 0.25) is 0 Å². The average Bonchev–Trinajstić information content (AvgIpc) is 2.62. The second-order valence-electron chi connectivity index (χ2n) is 4.02. The fourth-order valence-corrected chi connectivity index (χ4v) is 1.90. The van der Waals surface area contributed by atoms with Crippen LogP contribution in [-0.2, 0) is 0 Å². The van der Waals surface area contributed by atoms with Crippen LogP contribution < -0.4 is 0 Å². The highest BCUT2D eigenvalue weighted by atomic mass is 35.5. The third-order valence-corrected chi connectivity index (χ3v) is 3.00. The molecule has 0 amide bonds. The van der Waals surface area contributed by atoms with Crippen molar-refractivity contribution in [2.24, 2.45) is 0 Å². The summed E-state index contributed by atoms with van der Waals surface area (Å²) in [5.41, 5.74) is 2.14. The van der Waals surface area contributed by atoms with Crippen molar-refractivity contribution in [3.63, 3.8) is 0 Å². The molecule has 1 heterocycles. The van der Waals surface area contributed by atoms with Crippen LogP contribution in [0.2, 0.25) is 5.02 Å². The second-order valence-corrected chi connectivity index (χ2v) is 4.87. The van der Waals surface area contributed by atoms with Crippen LogP contribution in [0.25, 0.3) is 5.69 Å². The molecule has 0 bridgehead atoms. The van der Waals surface area contributed by atoms with Crippen LogP contribution in [0.15, 0.2) is 30.3 Å². The molecule has 2 aromatic rings. The van der Waals surface area contributed by atoms with Crippen LogP contribution in [0.1, 0.15) is 25.5 Å². The lowest BCUT2D eigenvalue weighted by molar-refractivity contribution is 0.765. The molecule has 1 N–H and O–H groups in total. The molecule has 2 rings (SSSR count). The minimum absolute atomic E-state index is 0.440. The summed E-state index contributed by atoms with van der Waals surface area (Å²) >= 11 is 11.2. The number of hydrogen-bond acceptors (Lipinski definition) is 1. The molecule has 4 heteroatoms. The number of halogens is 1. The first-order chi connectivity index (χ1) is 7.58. The Morgan fingerprint density at radius 2 is 1.88 bits per heavy atom. The Kier molecular flexibility index (Phi) is 3.17. The molecule has 1 aromatic carbocycles. The molecule has 0 aliphatic rings. The van der Waals surface area contributed by atoms with Crippen molar-refractivity contribution in [3.8, 4) is 5.69 Å². The summed E-state index contributed by atoms with van der Waals surface area (Å²) in [6.45, 7) is 4.26. The molecular formula is C12H13ClN2S. The number of nitrogens with one attached hydrogen (secondary N) is 1. The van der Waals surface area contributed by atoms with Crippen LogP contribution >= 0.6 is 23.8 Å². The van der Waals surface area contributed by atoms with Gasteiger partial charge in [0.05, 0.1) is 5.69 Å². The fraction of sp³-hybridized carbons (Fsp3) is 0.250. The van der Waals surface area contributed by atoms with E-state index in [4.69, 9.17) is 23.8 Å². The zero-order valence-electron chi connectivity index (χ0n) is 9.20. The minimum atomic E-state index is 0.440. The number of aromatic amines is 1. The van der Waals surface area contributed by atoms with Gasteiger partial charge in [-0.1, -0.05) is 37.7 Å². The molecule has 0 saturated carbocycles. The Labute approximate surface area is 105 Å². The van der Waals surface area contributed by atoms with Crippen LogP contribution in [0.5, 0.6) is 0 Å². The first kappa shape index (κ1) is 11.4. The Morgan fingerprint density at radius 1 is 1.25 bits per heavy atom. The fourth-order valence-electron chi connectivity index (χ4n) is 1.49. The van der Waals surface area contributed by atoms with Gasteiger partial charge in [0.25, 0.3) is 0 Å². The van der Waals surface area contributed by atoms with Gasteiger partial charge in [-0.2, -0.15) is 0 Å². The van der Waals surface area contributed by atoms with E-state index in [1.807, 2.05) is 35.0 Å². The van der Waals surface area contributed by atoms with Gasteiger partial charge >= 0.3 is 0 Å². The minimum Gasteiger partial charge on any atom is -0.297 e. The summed E-state index contributed by atoms with van der Waals surface area (Å²) in [4.78, 5) is 0. The predicted molar refractivity (Wildman–Crippen MR) is 70.1 cm³/mol. The van der Waals surface area contributed by atoms with E-state index in [9.17, 15) is 0 Å². The molecule has 0 aliphatic carbocycles. The maximum Gasteiger partial charge on any atom is 0.127 e. The predicted octanol–water partition coefficient (Wildman–Crippen LogP) is 4.31. The monoisotopic (exact) mass is 252 g/mol. The number of hydrogen-bond donors (Lipinski definition) is 1. The van der Waals surface area contributed by atoms with Crippen LogP contribution in [0, 0.1) is 4.64 Å². The molecule has 16 heavy (non-hydrogen) atoms. The Hall–Kier alpha value is -1.06. The number of nitrogens with zero attached hydrogens (tertiary/aromatic N) is 1. The number of benzene rings is 1. The number of aromatic nitrogens is 2. The van der Waals surface area contributed by atoms with Gasteiger partial charge in [0.15, 0.2) is 0 Å². The standard InChI is InChI=1S/C12H13ClN2S/c1-8(2)11-7-12(16)15(14-11)10-5-3-9(13)4-6-10/h3-8,14H,1-2H3. The molecule has 2 nitrogen and oxygen atoms in total. The van der Waals surface area contributed by atoms with Gasteiger partial charge in [-0.15, -0.1) is 0 Å². The van der Waals surface area contributed by atoms with E-state index in [0.29, 0.717) is 5.92 Å². The highest BCUT2D eigenvalue weighted by Gasteiger charge is 2.05. The lowest BCUT2D eigenvalue weighted by Crippen LogP contribution is -1.97. The molecule has 0 saturated heterocycles. The van der Waals surface area contributed by atoms with Crippen LogP contribution in [-0.4, -0.2) is 9.78 Å². The van der Waals surface area contributed by atoms with Crippen molar-refractivity contribution in [1.82, 2.24) is 9.78 Å². The van der Waals surface area contributed by atoms with Crippen molar-refractivity contribution in [2.75, 3.05) is 0 Å². The zero-order valence-corrected chi connectivity index (χ0v) is 10.8. The maximum atomic E-state index is 5.85. The van der Waals surface area contributed by atoms with Crippen molar-refractivity contribution >= 4 is 23.8 Å². The summed E-state index contributed by atoms with van der Waals surface area (Å²) in [6.07, 6.45) is 0. The summed E-state index contributed by atoms with van der Waals surface area (Å²) in [5, 5.41) is 4.01. The van der Waals surface area contributed by atoms with E-state index in [0.717, 1.165) is 21.0 Å². The summed E-state index contributed by atoms with van der Waals surface area (Å²) in [6, 6.07) is 9.59. The molecule has 0 aliphatic heterocycles. The van der Waals surface area contributed by atoms with Gasteiger partial charge in [0.1, 0.15) is 4.64 Å². The van der Waals surface area contributed by atoms with Crippen molar-refractivity contribution in [3.05, 3.63) is 45.7 Å². The van der Waals surface area contributed by atoms with Gasteiger partial charge < -0.3 is 0 Å². The molecule has 0 fully saturated rings. The quantitative estimate of drug-likeness (QED) is 0.790. The van der Waals surface area contributed by atoms with Gasteiger partial charge in [0, 0.05) is 10.7 Å². The van der Waals surface area contributed by atoms with E-state index in [2.05, 4.69) is 18.9 Å². The van der Waals surface area contributed by atoms with Crippen molar-refractivity contribution in [2.45, 2.75) is 19.8 Å². The average molecular weight is 253 g/mol. The van der Waals surface area contributed by atoms with Gasteiger partial charge in [-0.05, 0) is 36.2 Å². The Bertz CT molecular complexity index is 537. The summed E-state index contributed by atoms with van der Waals surface area (Å²) in [7, 11) is 0. The summed E-state index contributed by atoms with van der Waals surface area (Å²) < 4.78 is 2.67. The molecule has 0 unspecified atom stereocenters. The zero-order chi connectivity index (χ0) is 11.7. The third-order valence-electron chi connectivity index (χ3n) is 2.45. The largest absolute Gasteiger partial charge is 0.297 e. The molecule has 1 aromatic heterocycles. The lowest BCUT2D eigenvalue weighted by Gasteiger charge is -2.04. The molecule has 0 spiro atoms. The highest BCUT2D eigenvalue weighted by molar-refractivity contribution is 7.71. The second kappa shape index (κ2) is 4.44. The lowest BCUT2D eigenvalue weighted by atomic mass is 10.1. The third kappa shape index (κ3) is 2.20.